The Balaban J connectivity index is 1.44. The molecule has 9 heteroatoms. The van der Waals surface area contributed by atoms with Crippen LogP contribution in [0.3, 0.4) is 0 Å². The van der Waals surface area contributed by atoms with Crippen molar-refractivity contribution in [1.29, 1.82) is 0 Å². The molecule has 196 valence electrons. The second-order valence-corrected chi connectivity index (χ2v) is 10.7. The molecule has 4 aromatic carbocycles. The molecule has 0 aliphatic carbocycles. The van der Waals surface area contributed by atoms with Gasteiger partial charge in [0.1, 0.15) is 5.70 Å². The molecule has 0 saturated heterocycles. The molecule has 0 atom stereocenters. The van der Waals surface area contributed by atoms with Gasteiger partial charge in [0, 0.05) is 31.3 Å². The van der Waals surface area contributed by atoms with Gasteiger partial charge in [-0.25, -0.2) is 0 Å². The Morgan fingerprint density at radius 1 is 0.795 bits per heavy atom. The Hall–Kier alpha value is -3.85. The van der Waals surface area contributed by atoms with Gasteiger partial charge >= 0.3 is 0 Å². The van der Waals surface area contributed by atoms with Gasteiger partial charge in [-0.1, -0.05) is 63.9 Å². The lowest BCUT2D eigenvalue weighted by atomic mass is 10.1. The van der Waals surface area contributed by atoms with Gasteiger partial charge in [-0.15, -0.1) is 11.8 Å². The van der Waals surface area contributed by atoms with E-state index < -0.39 is 11.8 Å². The number of anilines is 2. The first-order valence-corrected chi connectivity index (χ1v) is 13.9. The van der Waals surface area contributed by atoms with Crippen molar-refractivity contribution in [2.45, 2.75) is 4.90 Å². The molecule has 0 aromatic heterocycles. The predicted octanol–water partition coefficient (Wildman–Crippen LogP) is 7.24. The number of hydrogen-bond donors (Lipinski definition) is 3. The standard InChI is InChI=1S/C30H23BrClN3O3S/c31-22-11-9-20(10-12-22)17-27(35-29(37)21-5-2-1-3-6-21)30(38)34-25-7-4-8-26(18-25)39-19-28(36)33-24-15-13-23(32)14-16-24/h1-18H,19H2,(H,33,36)(H,34,38)(H,35,37)/b27-17-. The van der Waals surface area contributed by atoms with E-state index in [2.05, 4.69) is 31.9 Å². The van der Waals surface area contributed by atoms with Crippen LogP contribution >= 0.6 is 39.3 Å². The third kappa shape index (κ3) is 8.85. The monoisotopic (exact) mass is 619 g/mol. The highest BCUT2D eigenvalue weighted by Crippen LogP contribution is 2.23. The molecule has 0 bridgehead atoms. The largest absolute Gasteiger partial charge is 0.325 e. The molecule has 0 fully saturated rings. The third-order valence-electron chi connectivity index (χ3n) is 5.30. The van der Waals surface area contributed by atoms with Crippen molar-refractivity contribution in [3.63, 3.8) is 0 Å². The Morgan fingerprint density at radius 2 is 1.51 bits per heavy atom. The molecule has 0 spiro atoms. The van der Waals surface area contributed by atoms with E-state index in [1.807, 2.05) is 36.4 Å². The van der Waals surface area contributed by atoms with Crippen molar-refractivity contribution in [3.8, 4) is 0 Å². The minimum atomic E-state index is -0.482. The van der Waals surface area contributed by atoms with Crippen molar-refractivity contribution in [2.24, 2.45) is 0 Å². The van der Waals surface area contributed by atoms with E-state index in [9.17, 15) is 14.4 Å². The number of carbonyl (C=O) groups excluding carboxylic acids is 3. The third-order valence-corrected chi connectivity index (χ3v) is 7.07. The molecule has 0 radical (unpaired) electrons. The second kappa shape index (κ2) is 13.8. The summed E-state index contributed by atoms with van der Waals surface area (Å²) in [5.41, 5.74) is 2.45. The van der Waals surface area contributed by atoms with Crippen LogP contribution in [0.1, 0.15) is 15.9 Å². The topological polar surface area (TPSA) is 87.3 Å². The average molecular weight is 621 g/mol. The van der Waals surface area contributed by atoms with Crippen LogP contribution in [0.25, 0.3) is 6.08 Å². The smallest absolute Gasteiger partial charge is 0.272 e. The molecule has 0 unspecified atom stereocenters. The summed E-state index contributed by atoms with van der Waals surface area (Å²) in [6.07, 6.45) is 1.61. The summed E-state index contributed by atoms with van der Waals surface area (Å²) in [5.74, 6) is -0.864. The molecule has 0 saturated carbocycles. The Kier molecular flexibility index (Phi) is 9.97. The predicted molar refractivity (Wildman–Crippen MR) is 162 cm³/mol. The molecule has 39 heavy (non-hydrogen) atoms. The molecule has 4 rings (SSSR count). The van der Waals surface area contributed by atoms with Gasteiger partial charge in [0.05, 0.1) is 5.75 Å². The fourth-order valence-corrected chi connectivity index (χ4v) is 4.55. The molecule has 6 nitrogen and oxygen atoms in total. The van der Waals surface area contributed by atoms with Crippen LogP contribution in [-0.2, 0) is 9.59 Å². The maximum Gasteiger partial charge on any atom is 0.272 e. The lowest BCUT2D eigenvalue weighted by molar-refractivity contribution is -0.114. The molecule has 3 N–H and O–H groups in total. The van der Waals surface area contributed by atoms with Crippen LogP contribution in [0.2, 0.25) is 5.02 Å². The van der Waals surface area contributed by atoms with Gasteiger partial charge in [-0.2, -0.15) is 0 Å². The van der Waals surface area contributed by atoms with Crippen LogP contribution in [-0.4, -0.2) is 23.5 Å². The van der Waals surface area contributed by atoms with E-state index in [1.54, 1.807) is 72.8 Å². The zero-order chi connectivity index (χ0) is 27.6. The van der Waals surface area contributed by atoms with Crippen molar-refractivity contribution in [1.82, 2.24) is 5.32 Å². The summed E-state index contributed by atoms with van der Waals surface area (Å²) in [5, 5.41) is 8.99. The van der Waals surface area contributed by atoms with Crippen molar-refractivity contribution in [2.75, 3.05) is 16.4 Å². The molecule has 4 aromatic rings. The molecular weight excluding hydrogens is 598 g/mol. The summed E-state index contributed by atoms with van der Waals surface area (Å²) < 4.78 is 0.898. The highest BCUT2D eigenvalue weighted by molar-refractivity contribution is 9.10. The van der Waals surface area contributed by atoms with Crippen molar-refractivity contribution >= 4 is 74.5 Å². The fraction of sp³-hybridized carbons (Fsp3) is 0.0333. The minimum absolute atomic E-state index is 0.0894. The zero-order valence-corrected chi connectivity index (χ0v) is 23.6. The molecule has 3 amide bonds. The highest BCUT2D eigenvalue weighted by Gasteiger charge is 2.15. The maximum absolute atomic E-state index is 13.3. The quantitative estimate of drug-likeness (QED) is 0.136. The Labute approximate surface area is 244 Å². The zero-order valence-electron chi connectivity index (χ0n) is 20.5. The number of rotatable bonds is 9. The SMILES string of the molecule is O=C(CSc1cccc(NC(=O)/C(=C/c2ccc(Br)cc2)NC(=O)c2ccccc2)c1)Nc1ccc(Cl)cc1. The van der Waals surface area contributed by atoms with Gasteiger partial charge in [0.25, 0.3) is 11.8 Å². The average Bonchev–Trinajstić information content (AvgIpc) is 2.94. The number of hydrogen-bond acceptors (Lipinski definition) is 4. The molecule has 0 aliphatic heterocycles. The van der Waals surface area contributed by atoms with Crippen LogP contribution < -0.4 is 16.0 Å². The van der Waals surface area contributed by atoms with E-state index in [-0.39, 0.29) is 17.4 Å². The first kappa shape index (κ1) is 28.2. The van der Waals surface area contributed by atoms with Crippen LogP contribution in [0.15, 0.2) is 118 Å². The van der Waals surface area contributed by atoms with Crippen LogP contribution in [0, 0.1) is 0 Å². The number of halogens is 2. The van der Waals surface area contributed by atoms with Gasteiger partial charge in [-0.3, -0.25) is 14.4 Å². The summed E-state index contributed by atoms with van der Waals surface area (Å²) in [4.78, 5) is 39.2. The minimum Gasteiger partial charge on any atom is -0.325 e. The number of thioether (sulfide) groups is 1. The Morgan fingerprint density at radius 3 is 2.23 bits per heavy atom. The van der Waals surface area contributed by atoms with Crippen LogP contribution in [0.5, 0.6) is 0 Å². The van der Waals surface area contributed by atoms with Gasteiger partial charge in [-0.05, 0) is 78.4 Å². The van der Waals surface area contributed by atoms with Crippen LogP contribution in [0.4, 0.5) is 11.4 Å². The fourth-order valence-electron chi connectivity index (χ4n) is 3.41. The van der Waals surface area contributed by atoms with E-state index >= 15 is 0 Å². The van der Waals surface area contributed by atoms with E-state index in [0.717, 1.165) is 14.9 Å². The number of benzene rings is 4. The van der Waals surface area contributed by atoms with Crippen molar-refractivity contribution in [3.05, 3.63) is 129 Å². The normalized spacial score (nSPS) is 11.0. The summed E-state index contributed by atoms with van der Waals surface area (Å²) in [7, 11) is 0. The van der Waals surface area contributed by atoms with Crippen molar-refractivity contribution < 1.29 is 14.4 Å². The van der Waals surface area contributed by atoms with E-state index in [1.165, 1.54) is 11.8 Å². The van der Waals surface area contributed by atoms with Gasteiger partial charge < -0.3 is 16.0 Å². The van der Waals surface area contributed by atoms with E-state index in [0.29, 0.717) is 22.0 Å². The molecular formula is C30H23BrClN3O3S. The van der Waals surface area contributed by atoms with E-state index in [4.69, 9.17) is 11.6 Å². The molecule has 0 heterocycles. The summed E-state index contributed by atoms with van der Waals surface area (Å²) in [6.45, 7) is 0. The van der Waals surface area contributed by atoms with Gasteiger partial charge in [0.2, 0.25) is 5.91 Å². The Bertz CT molecular complexity index is 1490. The number of carbonyl (C=O) groups is 3. The summed E-state index contributed by atoms with van der Waals surface area (Å²) >= 11 is 10.6. The summed E-state index contributed by atoms with van der Waals surface area (Å²) in [6, 6.07) is 30.1. The lowest BCUT2D eigenvalue weighted by Gasteiger charge is -2.12. The molecule has 0 aliphatic rings. The first-order chi connectivity index (χ1) is 18.9. The first-order valence-electron chi connectivity index (χ1n) is 11.8. The van der Waals surface area contributed by atoms with Gasteiger partial charge in [0.15, 0.2) is 0 Å². The lowest BCUT2D eigenvalue weighted by Crippen LogP contribution is -2.30. The maximum atomic E-state index is 13.3. The second-order valence-electron chi connectivity index (χ2n) is 8.26. The number of nitrogens with one attached hydrogen (secondary N) is 3. The number of amides is 3. The highest BCUT2D eigenvalue weighted by atomic mass is 79.9.